The zero-order valence-electron chi connectivity index (χ0n) is 11.6. The van der Waals surface area contributed by atoms with E-state index in [4.69, 9.17) is 11.6 Å². The van der Waals surface area contributed by atoms with Crippen molar-refractivity contribution in [1.29, 1.82) is 0 Å². The summed E-state index contributed by atoms with van der Waals surface area (Å²) in [5.74, 6) is 0. The lowest BCUT2D eigenvalue weighted by Crippen LogP contribution is -2.30. The number of nitrogens with zero attached hydrogens (tertiary/aromatic N) is 2. The number of nitrogens with one attached hydrogen (secondary N) is 2. The van der Waals surface area contributed by atoms with Crippen LogP contribution in [0, 0.1) is 6.92 Å². The van der Waals surface area contributed by atoms with Gasteiger partial charge in [0, 0.05) is 7.05 Å². The molecule has 2 heterocycles. The highest BCUT2D eigenvalue weighted by Crippen LogP contribution is 2.33. The molecule has 2 amide bonds. The van der Waals surface area contributed by atoms with Crippen LogP contribution in [0.4, 0.5) is 23.7 Å². The number of hydrogen-bond acceptors (Lipinski definition) is 3. The molecule has 5 nitrogen and oxygen atoms in total. The van der Waals surface area contributed by atoms with Gasteiger partial charge in [0.1, 0.15) is 4.34 Å². The Bertz CT molecular complexity index is 676. The van der Waals surface area contributed by atoms with Gasteiger partial charge in [-0.1, -0.05) is 11.6 Å². The summed E-state index contributed by atoms with van der Waals surface area (Å²) in [6, 6.07) is -0.641. The molecular formula is C12H12ClF3N4OS. The fraction of sp³-hybridized carbons (Fsp3) is 0.333. The monoisotopic (exact) mass is 352 g/mol. The second kappa shape index (κ2) is 6.17. The number of carbonyl (C=O) groups is 1. The molecule has 120 valence electrons. The zero-order chi connectivity index (χ0) is 16.5. The molecule has 2 aromatic rings. The first-order chi connectivity index (χ1) is 10.2. The van der Waals surface area contributed by atoms with Crippen molar-refractivity contribution < 1.29 is 18.0 Å². The maximum Gasteiger partial charge on any atom is 0.419 e. The van der Waals surface area contributed by atoms with Crippen LogP contribution in [-0.4, -0.2) is 15.8 Å². The summed E-state index contributed by atoms with van der Waals surface area (Å²) in [4.78, 5) is 11.8. The van der Waals surface area contributed by atoms with Crippen LogP contribution in [0.2, 0.25) is 4.34 Å². The van der Waals surface area contributed by atoms with Gasteiger partial charge in [0.25, 0.3) is 0 Å². The van der Waals surface area contributed by atoms with Crippen LogP contribution in [0.5, 0.6) is 0 Å². The van der Waals surface area contributed by atoms with E-state index in [9.17, 15) is 18.0 Å². The van der Waals surface area contributed by atoms with E-state index in [0.29, 0.717) is 10.0 Å². The van der Waals surface area contributed by atoms with E-state index in [0.717, 1.165) is 16.4 Å². The first-order valence-corrected chi connectivity index (χ1v) is 7.32. The minimum Gasteiger partial charge on any atom is -0.332 e. The first-order valence-electron chi connectivity index (χ1n) is 6.06. The minimum atomic E-state index is -4.52. The number of urea groups is 1. The molecule has 0 aliphatic carbocycles. The van der Waals surface area contributed by atoms with E-state index in [1.165, 1.54) is 18.4 Å². The Morgan fingerprint density at radius 3 is 2.73 bits per heavy atom. The first kappa shape index (κ1) is 16.6. The van der Waals surface area contributed by atoms with E-state index in [2.05, 4.69) is 15.7 Å². The molecule has 0 saturated carbocycles. The summed E-state index contributed by atoms with van der Waals surface area (Å²) in [6.07, 6.45) is -3.79. The van der Waals surface area contributed by atoms with Crippen molar-refractivity contribution in [3.8, 4) is 0 Å². The molecule has 0 spiro atoms. The summed E-state index contributed by atoms with van der Waals surface area (Å²) in [5, 5.41) is 10.2. The van der Waals surface area contributed by atoms with Crippen molar-refractivity contribution in [2.75, 3.05) is 5.32 Å². The Kier molecular flexibility index (Phi) is 4.66. The van der Waals surface area contributed by atoms with Crippen molar-refractivity contribution in [3.63, 3.8) is 0 Å². The second-order valence-corrected chi connectivity index (χ2v) is 5.98. The lowest BCUT2D eigenvalue weighted by molar-refractivity contribution is -0.138. The fourth-order valence-corrected chi connectivity index (χ4v) is 2.85. The molecule has 2 aromatic heterocycles. The minimum absolute atomic E-state index is 0.129. The number of hydrogen-bond donors (Lipinski definition) is 2. The molecular weight excluding hydrogens is 341 g/mol. The summed E-state index contributed by atoms with van der Waals surface area (Å²) in [7, 11) is 1.38. The van der Waals surface area contributed by atoms with Crippen molar-refractivity contribution in [2.24, 2.45) is 7.05 Å². The van der Waals surface area contributed by atoms with Crippen LogP contribution in [0.15, 0.2) is 11.6 Å². The quantitative estimate of drug-likeness (QED) is 0.883. The van der Waals surface area contributed by atoms with Crippen LogP contribution < -0.4 is 10.6 Å². The molecule has 0 bridgehead atoms. The van der Waals surface area contributed by atoms with Gasteiger partial charge >= 0.3 is 12.2 Å². The van der Waals surface area contributed by atoms with Gasteiger partial charge in [-0.2, -0.15) is 18.3 Å². The van der Waals surface area contributed by atoms with Crippen LogP contribution in [0.1, 0.15) is 16.8 Å². The third-order valence-corrected chi connectivity index (χ3v) is 4.29. The fourth-order valence-electron chi connectivity index (χ4n) is 1.79. The molecule has 0 atom stereocenters. The lowest BCUT2D eigenvalue weighted by atomic mass is 10.2. The Morgan fingerprint density at radius 2 is 2.18 bits per heavy atom. The highest BCUT2D eigenvalue weighted by Gasteiger charge is 2.35. The third kappa shape index (κ3) is 3.53. The SMILES string of the molecule is Cc1csc(Cl)c1NC(=O)NCc1c(C(F)(F)F)cnn1C. The molecule has 0 aliphatic heterocycles. The van der Waals surface area contributed by atoms with Gasteiger partial charge in [0.05, 0.1) is 29.7 Å². The van der Waals surface area contributed by atoms with Gasteiger partial charge in [0.15, 0.2) is 0 Å². The zero-order valence-corrected chi connectivity index (χ0v) is 13.2. The van der Waals surface area contributed by atoms with Gasteiger partial charge in [-0.15, -0.1) is 11.3 Å². The molecule has 22 heavy (non-hydrogen) atoms. The van der Waals surface area contributed by atoms with Crippen molar-refractivity contribution in [3.05, 3.63) is 32.7 Å². The van der Waals surface area contributed by atoms with Gasteiger partial charge in [-0.25, -0.2) is 4.79 Å². The molecule has 0 aliphatic rings. The van der Waals surface area contributed by atoms with Gasteiger partial charge < -0.3 is 10.6 Å². The van der Waals surface area contributed by atoms with Crippen molar-refractivity contribution in [1.82, 2.24) is 15.1 Å². The smallest absolute Gasteiger partial charge is 0.332 e. The van der Waals surface area contributed by atoms with Gasteiger partial charge in [-0.3, -0.25) is 4.68 Å². The largest absolute Gasteiger partial charge is 0.419 e. The lowest BCUT2D eigenvalue weighted by Gasteiger charge is -2.11. The van der Waals surface area contributed by atoms with E-state index in [-0.39, 0.29) is 12.2 Å². The maximum atomic E-state index is 12.8. The summed E-state index contributed by atoms with van der Waals surface area (Å²) < 4.78 is 39.9. The predicted molar refractivity (Wildman–Crippen MR) is 78.1 cm³/mol. The molecule has 2 N–H and O–H groups in total. The number of aryl methyl sites for hydroxylation is 2. The average molecular weight is 353 g/mol. The molecule has 2 rings (SSSR count). The molecule has 0 fully saturated rings. The maximum absolute atomic E-state index is 12.8. The van der Waals surface area contributed by atoms with Crippen LogP contribution in [0.25, 0.3) is 0 Å². The van der Waals surface area contributed by atoms with Gasteiger partial charge in [0.2, 0.25) is 0 Å². The number of alkyl halides is 3. The summed E-state index contributed by atoms with van der Waals surface area (Å²) >= 11 is 7.17. The van der Waals surface area contributed by atoms with E-state index in [1.807, 2.05) is 0 Å². The number of aromatic nitrogens is 2. The van der Waals surface area contributed by atoms with Crippen molar-refractivity contribution in [2.45, 2.75) is 19.6 Å². The second-order valence-electron chi connectivity index (χ2n) is 4.50. The van der Waals surface area contributed by atoms with E-state index < -0.39 is 17.8 Å². The number of amides is 2. The topological polar surface area (TPSA) is 59.0 Å². The number of carbonyl (C=O) groups excluding carboxylic acids is 1. The third-order valence-electron chi connectivity index (χ3n) is 2.95. The normalized spacial score (nSPS) is 11.5. The van der Waals surface area contributed by atoms with Crippen molar-refractivity contribution >= 4 is 34.7 Å². The van der Waals surface area contributed by atoms with Crippen LogP contribution >= 0.6 is 22.9 Å². The Labute approximate surface area is 133 Å². The highest BCUT2D eigenvalue weighted by atomic mass is 35.5. The summed E-state index contributed by atoms with van der Waals surface area (Å²) in [6.45, 7) is 1.46. The standard InChI is InChI=1S/C12H12ClF3N4OS/c1-6-5-22-10(13)9(6)19-11(21)17-4-8-7(12(14,15)16)3-18-20(8)2/h3,5H,4H2,1-2H3,(H2,17,19,21). The molecule has 0 saturated heterocycles. The Hall–Kier alpha value is -1.74. The molecule has 0 aromatic carbocycles. The predicted octanol–water partition coefficient (Wildman–Crippen LogP) is 3.78. The van der Waals surface area contributed by atoms with Gasteiger partial charge in [-0.05, 0) is 17.9 Å². The average Bonchev–Trinajstić information content (AvgIpc) is 2.93. The summed E-state index contributed by atoms with van der Waals surface area (Å²) in [5.41, 5.74) is 0.225. The van der Waals surface area contributed by atoms with E-state index >= 15 is 0 Å². The Balaban J connectivity index is 2.05. The Morgan fingerprint density at radius 1 is 1.50 bits per heavy atom. The van der Waals surface area contributed by atoms with Crippen LogP contribution in [0.3, 0.4) is 0 Å². The number of anilines is 1. The number of halogens is 4. The molecule has 0 unspecified atom stereocenters. The highest BCUT2D eigenvalue weighted by molar-refractivity contribution is 7.15. The molecule has 10 heteroatoms. The van der Waals surface area contributed by atoms with Crippen LogP contribution in [-0.2, 0) is 19.8 Å². The van der Waals surface area contributed by atoms with E-state index in [1.54, 1.807) is 12.3 Å². The number of rotatable bonds is 3. The molecule has 0 radical (unpaired) electrons. The number of thiophene rings is 1.